The first-order valence-corrected chi connectivity index (χ1v) is 18.5. The number of carbonyl (C=O) groups is 2. The number of methoxy groups -OCH3 is 1. The van der Waals surface area contributed by atoms with Crippen LogP contribution < -0.4 is 0 Å². The molecule has 0 aliphatic carbocycles. The standard InChI is InChI=1S/C37H67NO13/c1-14-25-37(10,45)30(41)20(4)27(39)18(2)16-35(8,44)32(51-34-28(40)24(38(11)12)15-19(3)47-34)21(5)29(22(6)33(43)49-25)50-26-17-36(9,46-13)31(42)23(7)48-26/h18-26,28-32,34,40-42,44-45H,14-17H2,1-13H3/t18-,19?,20+,21+,22-,23-,24?,25-,26?,28?,29+,30-,31?,32-,34+,35-,36-,37-/m1/s1. The second kappa shape index (κ2) is 17.0. The van der Waals surface area contributed by atoms with Crippen molar-refractivity contribution < 1.29 is 63.5 Å². The van der Waals surface area contributed by atoms with Gasteiger partial charge in [0.25, 0.3) is 0 Å². The Balaban J connectivity index is 2.18. The highest BCUT2D eigenvalue weighted by atomic mass is 16.7. The van der Waals surface area contributed by atoms with Crippen molar-refractivity contribution in [2.24, 2.45) is 23.7 Å². The number of likely N-dealkylation sites (N-methyl/N-ethyl adjacent to an activating group) is 1. The van der Waals surface area contributed by atoms with E-state index in [9.17, 15) is 35.1 Å². The molecule has 0 aromatic heterocycles. The van der Waals surface area contributed by atoms with Gasteiger partial charge in [0.1, 0.15) is 29.7 Å². The van der Waals surface area contributed by atoms with Gasteiger partial charge in [0, 0.05) is 37.3 Å². The Labute approximate surface area is 304 Å². The van der Waals surface area contributed by atoms with Gasteiger partial charge in [-0.1, -0.05) is 27.7 Å². The molecule has 3 aliphatic rings. The Morgan fingerprint density at radius 2 is 1.49 bits per heavy atom. The average Bonchev–Trinajstić information content (AvgIpc) is 3.05. The molecule has 3 rings (SSSR count). The third-order valence-electron chi connectivity index (χ3n) is 11.8. The Bertz CT molecular complexity index is 1170. The van der Waals surface area contributed by atoms with E-state index in [0.29, 0.717) is 6.42 Å². The van der Waals surface area contributed by atoms with E-state index in [2.05, 4.69) is 0 Å². The van der Waals surface area contributed by atoms with E-state index in [1.54, 1.807) is 41.5 Å². The molecule has 0 amide bonds. The van der Waals surface area contributed by atoms with Gasteiger partial charge >= 0.3 is 5.97 Å². The smallest absolute Gasteiger partial charge is 0.311 e. The van der Waals surface area contributed by atoms with Crippen LogP contribution in [0.15, 0.2) is 0 Å². The molecule has 5 N–H and O–H groups in total. The lowest BCUT2D eigenvalue weighted by atomic mass is 9.74. The fraction of sp³-hybridized carbons (Fsp3) is 0.946. The summed E-state index contributed by atoms with van der Waals surface area (Å²) in [4.78, 5) is 29.8. The Morgan fingerprint density at radius 1 is 0.882 bits per heavy atom. The first-order chi connectivity index (χ1) is 23.4. The van der Waals surface area contributed by atoms with Crippen molar-refractivity contribution in [2.75, 3.05) is 21.2 Å². The number of nitrogens with zero attached hydrogens (tertiary/aromatic N) is 1. The summed E-state index contributed by atoms with van der Waals surface area (Å²) in [5, 5.41) is 57.6. The van der Waals surface area contributed by atoms with Crippen molar-refractivity contribution in [1.82, 2.24) is 4.90 Å². The quantitative estimate of drug-likeness (QED) is 0.238. The monoisotopic (exact) mass is 733 g/mol. The van der Waals surface area contributed by atoms with Gasteiger partial charge in [0.15, 0.2) is 12.6 Å². The SMILES string of the molecule is CC[C@H]1OC(=O)[C@H](C)[C@@H](OC2C[C@@](C)(OC)C(O)[C@@H](C)O2)[C@H](C)[C@@H](O[C@@H]2OC(C)CC(N(C)C)C2O)[C@](C)(O)C[C@@H](C)C(=O)[C@H](C)[C@@H](O)[C@]1(C)O. The number of ether oxygens (including phenoxy) is 6. The molecule has 3 aliphatic heterocycles. The summed E-state index contributed by atoms with van der Waals surface area (Å²) < 4.78 is 37.1. The molecule has 0 radical (unpaired) electrons. The lowest BCUT2D eigenvalue weighted by molar-refractivity contribution is -0.318. The number of rotatable bonds is 7. The number of aliphatic hydroxyl groups is 5. The van der Waals surface area contributed by atoms with Crippen LogP contribution in [0.4, 0.5) is 0 Å². The number of esters is 1. The van der Waals surface area contributed by atoms with Crippen molar-refractivity contribution in [3.63, 3.8) is 0 Å². The molecule has 0 aromatic carbocycles. The van der Waals surface area contributed by atoms with Crippen LogP contribution in [-0.2, 0) is 38.0 Å². The number of ketones is 1. The van der Waals surface area contributed by atoms with Crippen LogP contribution in [0.2, 0.25) is 0 Å². The number of Topliss-reactive ketones (excluding diaryl/α,β-unsaturated/α-hetero) is 1. The van der Waals surface area contributed by atoms with Gasteiger partial charge in [-0.05, 0) is 74.9 Å². The molecule has 3 fully saturated rings. The summed E-state index contributed by atoms with van der Waals surface area (Å²) in [6.07, 6.45) is -9.71. The molecule has 3 saturated heterocycles. The van der Waals surface area contributed by atoms with Crippen LogP contribution in [0.25, 0.3) is 0 Å². The number of cyclic esters (lactones) is 1. The van der Waals surface area contributed by atoms with E-state index in [4.69, 9.17) is 28.4 Å². The molecule has 18 atom stereocenters. The second-order valence-corrected chi connectivity index (χ2v) is 16.5. The van der Waals surface area contributed by atoms with E-state index < -0.39 is 108 Å². The highest BCUT2D eigenvalue weighted by Crippen LogP contribution is 2.40. The second-order valence-electron chi connectivity index (χ2n) is 16.5. The Kier molecular flexibility index (Phi) is 14.7. The summed E-state index contributed by atoms with van der Waals surface area (Å²) in [6, 6.07) is -0.324. The Morgan fingerprint density at radius 3 is 2.04 bits per heavy atom. The minimum atomic E-state index is -1.99. The zero-order valence-electron chi connectivity index (χ0n) is 32.9. The normalized spacial score (nSPS) is 49.7. The van der Waals surface area contributed by atoms with Gasteiger partial charge < -0.3 is 58.9 Å². The zero-order valence-corrected chi connectivity index (χ0v) is 32.9. The largest absolute Gasteiger partial charge is 0.459 e. The van der Waals surface area contributed by atoms with Crippen LogP contribution in [-0.4, -0.2) is 148 Å². The van der Waals surface area contributed by atoms with Crippen molar-refractivity contribution in [3.05, 3.63) is 0 Å². The van der Waals surface area contributed by atoms with Crippen molar-refractivity contribution in [1.29, 1.82) is 0 Å². The first kappa shape index (κ1) is 44.1. The van der Waals surface area contributed by atoms with E-state index in [0.717, 1.165) is 0 Å². The summed E-state index contributed by atoms with van der Waals surface area (Å²) in [5.74, 6) is -4.98. The molecule has 0 bridgehead atoms. The third-order valence-corrected chi connectivity index (χ3v) is 11.8. The third kappa shape index (κ3) is 9.51. The highest BCUT2D eigenvalue weighted by molar-refractivity contribution is 5.83. The van der Waals surface area contributed by atoms with Crippen LogP contribution in [0.5, 0.6) is 0 Å². The predicted octanol–water partition coefficient (Wildman–Crippen LogP) is 1.79. The molecule has 51 heavy (non-hydrogen) atoms. The predicted molar refractivity (Wildman–Crippen MR) is 186 cm³/mol. The summed E-state index contributed by atoms with van der Waals surface area (Å²) >= 11 is 0. The topological polar surface area (TPSA) is 194 Å². The summed E-state index contributed by atoms with van der Waals surface area (Å²) in [7, 11) is 5.18. The van der Waals surface area contributed by atoms with Crippen LogP contribution in [0, 0.1) is 23.7 Å². The van der Waals surface area contributed by atoms with Crippen molar-refractivity contribution in [3.8, 4) is 0 Å². The van der Waals surface area contributed by atoms with Gasteiger partial charge in [-0.15, -0.1) is 0 Å². The number of hydrogen-bond donors (Lipinski definition) is 5. The highest BCUT2D eigenvalue weighted by Gasteiger charge is 2.53. The molecular weight excluding hydrogens is 666 g/mol. The lowest BCUT2D eigenvalue weighted by Gasteiger charge is -2.49. The average molecular weight is 734 g/mol. The van der Waals surface area contributed by atoms with Gasteiger partial charge in [-0.2, -0.15) is 0 Å². The maximum Gasteiger partial charge on any atom is 0.311 e. The Hall–Kier alpha value is -1.30. The molecule has 0 spiro atoms. The van der Waals surface area contributed by atoms with Crippen LogP contribution in [0.3, 0.4) is 0 Å². The number of hydrogen-bond acceptors (Lipinski definition) is 14. The zero-order chi connectivity index (χ0) is 39.0. The van der Waals surface area contributed by atoms with Crippen molar-refractivity contribution >= 4 is 11.8 Å². The van der Waals surface area contributed by atoms with Crippen LogP contribution in [0.1, 0.15) is 94.9 Å². The molecule has 14 heteroatoms. The van der Waals surface area contributed by atoms with Gasteiger partial charge in [0.05, 0.1) is 47.6 Å². The summed E-state index contributed by atoms with van der Waals surface area (Å²) in [6.45, 7) is 16.3. The molecule has 0 saturated carbocycles. The molecule has 298 valence electrons. The van der Waals surface area contributed by atoms with Gasteiger partial charge in [0.2, 0.25) is 0 Å². The van der Waals surface area contributed by atoms with E-state index in [1.165, 1.54) is 27.9 Å². The van der Waals surface area contributed by atoms with Gasteiger partial charge in [-0.25, -0.2) is 0 Å². The first-order valence-electron chi connectivity index (χ1n) is 18.5. The van der Waals surface area contributed by atoms with E-state index >= 15 is 0 Å². The molecule has 0 aromatic rings. The minimum Gasteiger partial charge on any atom is -0.459 e. The number of aliphatic hydroxyl groups excluding tert-OH is 3. The molecule has 3 heterocycles. The molecular formula is C37H67NO13. The minimum absolute atomic E-state index is 0.0936. The lowest BCUT2D eigenvalue weighted by Crippen LogP contribution is -2.61. The fourth-order valence-electron chi connectivity index (χ4n) is 8.41. The molecule has 14 nitrogen and oxygen atoms in total. The number of carbonyl (C=O) groups excluding carboxylic acids is 2. The van der Waals surface area contributed by atoms with E-state index in [1.807, 2.05) is 25.9 Å². The van der Waals surface area contributed by atoms with Crippen molar-refractivity contribution in [2.45, 2.75) is 179 Å². The maximum absolute atomic E-state index is 14.1. The van der Waals surface area contributed by atoms with E-state index in [-0.39, 0.29) is 31.4 Å². The maximum atomic E-state index is 14.1. The summed E-state index contributed by atoms with van der Waals surface area (Å²) in [5.41, 5.74) is -4.84. The molecule has 5 unspecified atom stereocenters. The van der Waals surface area contributed by atoms with Gasteiger partial charge in [-0.3, -0.25) is 9.59 Å². The fourth-order valence-corrected chi connectivity index (χ4v) is 8.41. The van der Waals surface area contributed by atoms with Crippen LogP contribution >= 0.6 is 0 Å².